The minimum atomic E-state index is 0.158. The van der Waals surface area contributed by atoms with Gasteiger partial charge in [-0.3, -0.25) is 4.79 Å². The van der Waals surface area contributed by atoms with E-state index in [4.69, 9.17) is 4.74 Å². The summed E-state index contributed by atoms with van der Waals surface area (Å²) < 4.78 is 5.40. The largest absolute Gasteiger partial charge is 0.372 e. The van der Waals surface area contributed by atoms with E-state index in [-0.39, 0.29) is 12.2 Å². The molecule has 3 heteroatoms. The summed E-state index contributed by atoms with van der Waals surface area (Å²) in [6.07, 6.45) is 2.18. The Morgan fingerprint density at radius 2 is 1.90 bits per heavy atom. The Labute approximate surface area is 61.0 Å². The van der Waals surface area contributed by atoms with Gasteiger partial charge in [0.15, 0.2) is 0 Å². The van der Waals surface area contributed by atoms with E-state index in [1.54, 1.807) is 4.90 Å². The van der Waals surface area contributed by atoms with E-state index in [0.717, 1.165) is 0 Å². The van der Waals surface area contributed by atoms with Crippen molar-refractivity contribution in [2.75, 3.05) is 13.1 Å². The summed E-state index contributed by atoms with van der Waals surface area (Å²) in [6, 6.07) is 0. The topological polar surface area (TPSA) is 29.5 Å². The van der Waals surface area contributed by atoms with Crippen molar-refractivity contribution in [3.8, 4) is 0 Å². The number of rotatable bonds is 1. The molecule has 2 atom stereocenters. The van der Waals surface area contributed by atoms with Crippen LogP contribution in [-0.2, 0) is 9.53 Å². The summed E-state index contributed by atoms with van der Waals surface area (Å²) in [5, 5.41) is 0. The van der Waals surface area contributed by atoms with Crippen LogP contribution in [0.1, 0.15) is 13.8 Å². The average Bonchev–Trinajstić information content (AvgIpc) is 1.85. The zero-order valence-electron chi connectivity index (χ0n) is 6.33. The van der Waals surface area contributed by atoms with Crippen molar-refractivity contribution in [3.63, 3.8) is 0 Å². The maximum absolute atomic E-state index is 10.2. The predicted molar refractivity (Wildman–Crippen MR) is 37.3 cm³/mol. The van der Waals surface area contributed by atoms with Gasteiger partial charge in [0.25, 0.3) is 0 Å². The molecule has 0 aromatic heterocycles. The molecule has 1 saturated heterocycles. The minimum absolute atomic E-state index is 0.158. The molecule has 1 radical (unpaired) electrons. The fraction of sp³-hybridized carbons (Fsp3) is 0.857. The normalized spacial score (nSPS) is 34.0. The average molecular weight is 142 g/mol. The molecule has 1 amide bonds. The highest BCUT2D eigenvalue weighted by Gasteiger charge is 2.20. The number of hydrogen-bond donors (Lipinski definition) is 0. The highest BCUT2D eigenvalue weighted by molar-refractivity contribution is 5.48. The van der Waals surface area contributed by atoms with Crippen molar-refractivity contribution in [2.45, 2.75) is 26.1 Å². The second kappa shape index (κ2) is 3.01. The van der Waals surface area contributed by atoms with Crippen LogP contribution in [0.4, 0.5) is 0 Å². The first-order valence-corrected chi connectivity index (χ1v) is 3.50. The highest BCUT2D eigenvalue weighted by Crippen LogP contribution is 2.07. The van der Waals surface area contributed by atoms with Crippen molar-refractivity contribution in [1.82, 2.24) is 4.90 Å². The lowest BCUT2D eigenvalue weighted by Crippen LogP contribution is -2.44. The van der Waals surface area contributed by atoms with Gasteiger partial charge in [-0.1, -0.05) is 0 Å². The molecule has 0 aromatic rings. The third kappa shape index (κ3) is 1.70. The van der Waals surface area contributed by atoms with Gasteiger partial charge >= 0.3 is 6.41 Å². The van der Waals surface area contributed by atoms with Crippen LogP contribution in [0.15, 0.2) is 0 Å². The van der Waals surface area contributed by atoms with Gasteiger partial charge in [0.2, 0.25) is 0 Å². The maximum atomic E-state index is 10.2. The summed E-state index contributed by atoms with van der Waals surface area (Å²) >= 11 is 0. The molecule has 57 valence electrons. The second-order valence-corrected chi connectivity index (χ2v) is 2.75. The van der Waals surface area contributed by atoms with E-state index in [0.29, 0.717) is 13.1 Å². The molecule has 3 nitrogen and oxygen atoms in total. The SMILES string of the molecule is C[C@@H]1CN([C]=O)C[C@H](C)O1. The fourth-order valence-electron chi connectivity index (χ4n) is 1.25. The molecule has 0 bridgehead atoms. The van der Waals surface area contributed by atoms with Gasteiger partial charge in [-0.25, -0.2) is 0 Å². The molecule has 1 aliphatic rings. The summed E-state index contributed by atoms with van der Waals surface area (Å²) in [4.78, 5) is 11.8. The molecule has 0 aromatic carbocycles. The lowest BCUT2D eigenvalue weighted by Gasteiger charge is -2.31. The zero-order valence-corrected chi connectivity index (χ0v) is 6.33. The van der Waals surface area contributed by atoms with Gasteiger partial charge in [-0.2, -0.15) is 0 Å². The number of ether oxygens (including phenoxy) is 1. The van der Waals surface area contributed by atoms with E-state index in [1.807, 2.05) is 20.3 Å². The minimum Gasteiger partial charge on any atom is -0.372 e. The Morgan fingerprint density at radius 1 is 1.40 bits per heavy atom. The first-order chi connectivity index (χ1) is 4.72. The Morgan fingerprint density at radius 3 is 2.30 bits per heavy atom. The lowest BCUT2D eigenvalue weighted by molar-refractivity contribution is -0.0484. The molecule has 0 saturated carbocycles. The monoisotopic (exact) mass is 142 g/mol. The third-order valence-electron chi connectivity index (χ3n) is 1.55. The molecule has 0 aliphatic carbocycles. The number of amides is 1. The van der Waals surface area contributed by atoms with Gasteiger partial charge in [-0.05, 0) is 13.8 Å². The fourth-order valence-corrected chi connectivity index (χ4v) is 1.25. The molecule has 1 rings (SSSR count). The molecule has 0 unspecified atom stereocenters. The van der Waals surface area contributed by atoms with Gasteiger partial charge in [0.05, 0.1) is 12.2 Å². The van der Waals surface area contributed by atoms with E-state index in [9.17, 15) is 4.79 Å². The van der Waals surface area contributed by atoms with Crippen LogP contribution in [0, 0.1) is 0 Å². The van der Waals surface area contributed by atoms with E-state index < -0.39 is 0 Å². The first-order valence-electron chi connectivity index (χ1n) is 3.50. The summed E-state index contributed by atoms with van der Waals surface area (Å²) in [5.41, 5.74) is 0. The number of nitrogens with zero attached hydrogens (tertiary/aromatic N) is 1. The molecule has 10 heavy (non-hydrogen) atoms. The number of morpholine rings is 1. The number of carbonyl (C=O) groups excluding carboxylic acids is 1. The summed E-state index contributed by atoms with van der Waals surface area (Å²) in [5.74, 6) is 0. The van der Waals surface area contributed by atoms with E-state index >= 15 is 0 Å². The molecule has 0 spiro atoms. The van der Waals surface area contributed by atoms with Crippen molar-refractivity contribution >= 4 is 6.41 Å². The molecular weight excluding hydrogens is 130 g/mol. The van der Waals surface area contributed by atoms with Crippen molar-refractivity contribution in [2.24, 2.45) is 0 Å². The van der Waals surface area contributed by atoms with E-state index in [2.05, 4.69) is 0 Å². The summed E-state index contributed by atoms with van der Waals surface area (Å²) in [7, 11) is 0. The van der Waals surface area contributed by atoms with Gasteiger partial charge < -0.3 is 9.64 Å². The third-order valence-corrected chi connectivity index (χ3v) is 1.55. The van der Waals surface area contributed by atoms with Gasteiger partial charge in [0.1, 0.15) is 0 Å². The molecule has 1 fully saturated rings. The van der Waals surface area contributed by atoms with Crippen molar-refractivity contribution in [1.29, 1.82) is 0 Å². The number of hydrogen-bond acceptors (Lipinski definition) is 2. The Hall–Kier alpha value is -0.570. The van der Waals surface area contributed by atoms with Gasteiger partial charge in [0, 0.05) is 13.1 Å². The predicted octanol–water partition coefficient (Wildman–Crippen LogP) is 0.163. The Bertz CT molecular complexity index is 117. The summed E-state index contributed by atoms with van der Waals surface area (Å²) in [6.45, 7) is 5.27. The van der Waals surface area contributed by atoms with Crippen LogP contribution < -0.4 is 0 Å². The smallest absolute Gasteiger partial charge is 0.312 e. The Kier molecular flexibility index (Phi) is 2.27. The maximum Gasteiger partial charge on any atom is 0.312 e. The highest BCUT2D eigenvalue weighted by atomic mass is 16.5. The molecule has 1 aliphatic heterocycles. The second-order valence-electron chi connectivity index (χ2n) is 2.75. The van der Waals surface area contributed by atoms with Crippen LogP contribution in [0.3, 0.4) is 0 Å². The lowest BCUT2D eigenvalue weighted by atomic mass is 10.2. The van der Waals surface area contributed by atoms with Crippen molar-refractivity contribution in [3.05, 3.63) is 0 Å². The molecule has 1 heterocycles. The Balaban J connectivity index is 2.42. The van der Waals surface area contributed by atoms with Crippen LogP contribution in [0.5, 0.6) is 0 Å². The zero-order chi connectivity index (χ0) is 7.56. The molecule has 0 N–H and O–H groups in total. The van der Waals surface area contributed by atoms with E-state index in [1.165, 1.54) is 0 Å². The quantitative estimate of drug-likeness (QED) is 0.522. The van der Waals surface area contributed by atoms with Crippen LogP contribution in [0.2, 0.25) is 0 Å². The van der Waals surface area contributed by atoms with Crippen LogP contribution in [-0.4, -0.2) is 36.6 Å². The first kappa shape index (κ1) is 7.54. The van der Waals surface area contributed by atoms with Crippen LogP contribution >= 0.6 is 0 Å². The van der Waals surface area contributed by atoms with Gasteiger partial charge in [-0.15, -0.1) is 0 Å². The molecular formula is C7H12NO2. The van der Waals surface area contributed by atoms with Crippen molar-refractivity contribution < 1.29 is 9.53 Å². The standard InChI is InChI=1S/C7H12NO2/c1-6-3-8(5-9)4-7(2)10-6/h6-7H,3-4H2,1-2H3/t6-,7+. The van der Waals surface area contributed by atoms with Crippen LogP contribution in [0.25, 0.3) is 0 Å².